The van der Waals surface area contributed by atoms with Crippen LogP contribution in [0, 0.1) is 0 Å². The maximum absolute atomic E-state index is 12.2. The molecule has 3 atom stereocenters. The highest BCUT2D eigenvalue weighted by molar-refractivity contribution is 5.83. The number of carboxylic acid groups (broad SMARTS) is 1. The summed E-state index contributed by atoms with van der Waals surface area (Å²) in [5, 5.41) is 30.6. The average Bonchev–Trinajstić information content (AvgIpc) is 3.31. The van der Waals surface area contributed by atoms with E-state index in [0.29, 0.717) is 5.52 Å². The summed E-state index contributed by atoms with van der Waals surface area (Å²) in [6.45, 7) is 1.21. The van der Waals surface area contributed by atoms with Crippen molar-refractivity contribution in [3.05, 3.63) is 30.2 Å². The summed E-state index contributed by atoms with van der Waals surface area (Å²) in [6.07, 6.45) is -1.74. The summed E-state index contributed by atoms with van der Waals surface area (Å²) in [4.78, 5) is 42.0. The van der Waals surface area contributed by atoms with Crippen molar-refractivity contribution in [3.8, 4) is 11.7 Å². The molecule has 0 bridgehead atoms. The fourth-order valence-corrected chi connectivity index (χ4v) is 2.66. The van der Waals surface area contributed by atoms with E-state index in [4.69, 9.17) is 15.3 Å². The molecule has 0 saturated carbocycles. The number of imidazole rings is 1. The van der Waals surface area contributed by atoms with E-state index in [9.17, 15) is 19.5 Å². The number of carbonyl (C=O) groups excluding carboxylic acids is 2. The molecule has 0 radical (unpaired) electrons. The minimum Gasteiger partial charge on any atom is -0.480 e. The summed E-state index contributed by atoms with van der Waals surface area (Å²) in [7, 11) is 0. The molecular formula is C17H19N7O6. The van der Waals surface area contributed by atoms with Crippen molar-refractivity contribution >= 4 is 28.9 Å². The SMILES string of the molecule is CC(O)C(NC(=O)N[C@@H](CC(N)=O)c1nnc(-c2nc3ccccc3[nH]2)o1)C(=O)O. The Kier molecular flexibility index (Phi) is 5.92. The number of fused-ring (bicyclic) bond motifs is 1. The molecule has 0 aliphatic rings. The third-order valence-electron chi connectivity index (χ3n) is 4.08. The molecule has 2 aromatic heterocycles. The number of aliphatic hydroxyl groups excluding tert-OH is 1. The number of primary amides is 1. The maximum Gasteiger partial charge on any atom is 0.328 e. The highest BCUT2D eigenvalue weighted by Crippen LogP contribution is 2.22. The average molecular weight is 417 g/mol. The molecule has 0 saturated heterocycles. The number of aliphatic carboxylic acids is 1. The van der Waals surface area contributed by atoms with Crippen LogP contribution < -0.4 is 16.4 Å². The fourth-order valence-electron chi connectivity index (χ4n) is 2.66. The highest BCUT2D eigenvalue weighted by Gasteiger charge is 2.28. The highest BCUT2D eigenvalue weighted by atomic mass is 16.4. The van der Waals surface area contributed by atoms with Gasteiger partial charge in [-0.15, -0.1) is 10.2 Å². The van der Waals surface area contributed by atoms with Crippen LogP contribution in [0.3, 0.4) is 0 Å². The lowest BCUT2D eigenvalue weighted by atomic mass is 10.2. The van der Waals surface area contributed by atoms with Gasteiger partial charge in [-0.25, -0.2) is 14.6 Å². The molecule has 3 amide bonds. The second kappa shape index (κ2) is 8.57. The first-order valence-corrected chi connectivity index (χ1v) is 8.79. The van der Waals surface area contributed by atoms with Gasteiger partial charge < -0.3 is 36.0 Å². The minimum atomic E-state index is -1.56. The summed E-state index contributed by atoms with van der Waals surface area (Å²) in [6, 6.07) is 3.58. The number of para-hydroxylation sites is 2. The number of H-pyrrole nitrogens is 1. The first kappa shape index (κ1) is 20.7. The Morgan fingerprint density at radius 3 is 2.60 bits per heavy atom. The number of carboxylic acids is 1. The number of rotatable bonds is 8. The van der Waals surface area contributed by atoms with E-state index < -0.39 is 36.1 Å². The lowest BCUT2D eigenvalue weighted by Crippen LogP contribution is -2.52. The van der Waals surface area contributed by atoms with Crippen molar-refractivity contribution in [2.75, 3.05) is 0 Å². The molecule has 0 aliphatic heterocycles. The number of aliphatic hydroxyl groups is 1. The Hall–Kier alpha value is -4.00. The van der Waals surface area contributed by atoms with Crippen molar-refractivity contribution in [2.24, 2.45) is 5.73 Å². The van der Waals surface area contributed by atoms with Gasteiger partial charge in [0.2, 0.25) is 11.8 Å². The van der Waals surface area contributed by atoms with Crippen molar-refractivity contribution in [2.45, 2.75) is 31.5 Å². The molecule has 7 N–H and O–H groups in total. The van der Waals surface area contributed by atoms with E-state index in [1.807, 2.05) is 18.2 Å². The predicted molar refractivity (Wildman–Crippen MR) is 101 cm³/mol. The van der Waals surface area contributed by atoms with Crippen molar-refractivity contribution in [1.29, 1.82) is 0 Å². The van der Waals surface area contributed by atoms with Crippen LogP contribution in [-0.2, 0) is 9.59 Å². The number of benzene rings is 1. The third-order valence-corrected chi connectivity index (χ3v) is 4.08. The number of urea groups is 1. The minimum absolute atomic E-state index is 0.0188. The van der Waals surface area contributed by atoms with E-state index in [-0.39, 0.29) is 24.0 Å². The van der Waals surface area contributed by atoms with Gasteiger partial charge >= 0.3 is 12.0 Å². The van der Waals surface area contributed by atoms with E-state index >= 15 is 0 Å². The summed E-state index contributed by atoms with van der Waals surface area (Å²) >= 11 is 0. The Labute approximate surface area is 168 Å². The van der Waals surface area contributed by atoms with Crippen LogP contribution in [0.1, 0.15) is 25.3 Å². The molecule has 158 valence electrons. The number of hydrogen-bond donors (Lipinski definition) is 6. The zero-order chi connectivity index (χ0) is 21.8. The van der Waals surface area contributed by atoms with E-state index in [0.717, 1.165) is 5.52 Å². The molecular weight excluding hydrogens is 398 g/mol. The normalized spacial score (nSPS) is 14.1. The monoisotopic (exact) mass is 417 g/mol. The summed E-state index contributed by atoms with van der Waals surface area (Å²) < 4.78 is 5.53. The van der Waals surface area contributed by atoms with Gasteiger partial charge in [0.25, 0.3) is 5.89 Å². The fraction of sp³-hybridized carbons (Fsp3) is 0.294. The Morgan fingerprint density at radius 2 is 1.97 bits per heavy atom. The molecule has 13 heteroatoms. The molecule has 30 heavy (non-hydrogen) atoms. The second-order valence-electron chi connectivity index (χ2n) is 6.45. The van der Waals surface area contributed by atoms with Gasteiger partial charge in [0.15, 0.2) is 11.9 Å². The largest absolute Gasteiger partial charge is 0.480 e. The van der Waals surface area contributed by atoms with E-state index in [1.54, 1.807) is 6.07 Å². The van der Waals surface area contributed by atoms with Gasteiger partial charge in [-0.2, -0.15) is 0 Å². The van der Waals surface area contributed by atoms with Crippen LogP contribution in [0.15, 0.2) is 28.7 Å². The molecule has 2 heterocycles. The molecule has 1 aromatic carbocycles. The van der Waals surface area contributed by atoms with Gasteiger partial charge in [-0.3, -0.25) is 4.79 Å². The smallest absolute Gasteiger partial charge is 0.328 e. The second-order valence-corrected chi connectivity index (χ2v) is 6.45. The number of nitrogens with one attached hydrogen (secondary N) is 3. The quantitative estimate of drug-likeness (QED) is 0.283. The number of hydrogen-bond acceptors (Lipinski definition) is 8. The van der Waals surface area contributed by atoms with Gasteiger partial charge in [-0.1, -0.05) is 12.1 Å². The van der Waals surface area contributed by atoms with Crippen molar-refractivity contribution in [3.63, 3.8) is 0 Å². The standard InChI is InChI=1S/C17H19N7O6/c1-7(25)12(16(27)28)22-17(29)21-10(6-11(18)26)14-23-24-15(30-14)13-19-8-4-2-3-5-9(8)20-13/h2-5,7,10,12,25H,6H2,1H3,(H2,18,26)(H,19,20)(H,27,28)(H2,21,22,29)/t7?,10-,12?/m0/s1. The Balaban J connectivity index is 1.79. The Morgan fingerprint density at radius 1 is 1.23 bits per heavy atom. The van der Waals surface area contributed by atoms with Crippen LogP contribution in [0.2, 0.25) is 0 Å². The number of amides is 3. The topological polar surface area (TPSA) is 209 Å². The molecule has 3 rings (SSSR count). The van der Waals surface area contributed by atoms with Gasteiger partial charge in [0, 0.05) is 0 Å². The number of carbonyl (C=O) groups is 3. The van der Waals surface area contributed by atoms with Crippen LogP contribution >= 0.6 is 0 Å². The van der Waals surface area contributed by atoms with Crippen LogP contribution in [0.5, 0.6) is 0 Å². The zero-order valence-electron chi connectivity index (χ0n) is 15.7. The lowest BCUT2D eigenvalue weighted by molar-refractivity contribution is -0.141. The van der Waals surface area contributed by atoms with Gasteiger partial charge in [-0.05, 0) is 19.1 Å². The van der Waals surface area contributed by atoms with Crippen molar-refractivity contribution < 1.29 is 29.0 Å². The van der Waals surface area contributed by atoms with Gasteiger partial charge in [0.05, 0.1) is 23.6 Å². The first-order valence-electron chi connectivity index (χ1n) is 8.79. The first-order chi connectivity index (χ1) is 14.2. The third kappa shape index (κ3) is 4.70. The van der Waals surface area contributed by atoms with E-state index in [2.05, 4.69) is 30.8 Å². The van der Waals surface area contributed by atoms with Gasteiger partial charge in [0.1, 0.15) is 6.04 Å². The molecule has 0 aliphatic carbocycles. The van der Waals surface area contributed by atoms with Crippen LogP contribution in [0.4, 0.5) is 4.79 Å². The van der Waals surface area contributed by atoms with E-state index in [1.165, 1.54) is 6.92 Å². The predicted octanol–water partition coefficient (Wildman–Crippen LogP) is -0.337. The number of nitrogens with two attached hydrogens (primary N) is 1. The maximum atomic E-state index is 12.2. The Bertz CT molecular complexity index is 1040. The summed E-state index contributed by atoms with van der Waals surface area (Å²) in [5.74, 6) is -2.03. The molecule has 0 fully saturated rings. The number of nitrogens with zero attached hydrogens (tertiary/aromatic N) is 3. The number of aromatic nitrogens is 4. The molecule has 13 nitrogen and oxygen atoms in total. The number of aromatic amines is 1. The molecule has 3 aromatic rings. The zero-order valence-corrected chi connectivity index (χ0v) is 15.7. The van der Waals surface area contributed by atoms with Crippen molar-refractivity contribution in [1.82, 2.24) is 30.8 Å². The van der Waals surface area contributed by atoms with Crippen LogP contribution in [-0.4, -0.2) is 60.4 Å². The van der Waals surface area contributed by atoms with Crippen LogP contribution in [0.25, 0.3) is 22.7 Å². The molecule has 2 unspecified atom stereocenters. The lowest BCUT2D eigenvalue weighted by Gasteiger charge is -2.19. The molecule has 0 spiro atoms. The summed E-state index contributed by atoms with van der Waals surface area (Å²) in [5.41, 5.74) is 6.64.